The summed E-state index contributed by atoms with van der Waals surface area (Å²) in [6.07, 6.45) is 7.30. The zero-order valence-electron chi connectivity index (χ0n) is 15.3. The molecule has 3 fully saturated rings. The lowest BCUT2D eigenvalue weighted by Crippen LogP contribution is -2.52. The molecular weight excluding hydrogens is 326 g/mol. The molecule has 2 N–H and O–H groups in total. The Hall–Kier alpha value is -1.88. The fraction of sp³-hybridized carbons (Fsp3) is 0.619. The molecule has 2 heterocycles. The first-order valence-corrected chi connectivity index (χ1v) is 10.1. The van der Waals surface area contributed by atoms with Gasteiger partial charge in [-0.25, -0.2) is 0 Å². The Balaban J connectivity index is 1.54. The monoisotopic (exact) mass is 355 g/mol. The van der Waals surface area contributed by atoms with E-state index in [0.29, 0.717) is 11.5 Å². The van der Waals surface area contributed by atoms with Crippen molar-refractivity contribution in [3.8, 4) is 0 Å². The Morgan fingerprint density at radius 2 is 1.73 bits per heavy atom. The summed E-state index contributed by atoms with van der Waals surface area (Å²) in [7, 11) is 0. The smallest absolute Gasteiger partial charge is 0.254 e. The second-order valence-corrected chi connectivity index (χ2v) is 7.97. The SMILES string of the molecule is O=C(NC1CCNCC1)C1CC2CCCCC2N1C(=O)c1ccccc1. The van der Waals surface area contributed by atoms with Crippen molar-refractivity contribution in [2.75, 3.05) is 13.1 Å². The van der Waals surface area contributed by atoms with Crippen LogP contribution in [0.15, 0.2) is 30.3 Å². The van der Waals surface area contributed by atoms with Gasteiger partial charge in [0.2, 0.25) is 5.91 Å². The van der Waals surface area contributed by atoms with Crippen molar-refractivity contribution in [3.05, 3.63) is 35.9 Å². The number of rotatable bonds is 3. The van der Waals surface area contributed by atoms with Crippen LogP contribution in [0.2, 0.25) is 0 Å². The molecule has 1 aliphatic carbocycles. The number of amides is 2. The fourth-order valence-electron chi connectivity index (χ4n) is 4.98. The molecule has 2 saturated heterocycles. The predicted molar refractivity (Wildman–Crippen MR) is 101 cm³/mol. The predicted octanol–water partition coefficient (Wildman–Crippen LogP) is 2.33. The molecule has 0 bridgehead atoms. The summed E-state index contributed by atoms with van der Waals surface area (Å²) >= 11 is 0. The van der Waals surface area contributed by atoms with Gasteiger partial charge in [0.25, 0.3) is 5.91 Å². The van der Waals surface area contributed by atoms with Crippen LogP contribution < -0.4 is 10.6 Å². The van der Waals surface area contributed by atoms with E-state index in [0.717, 1.165) is 51.6 Å². The van der Waals surface area contributed by atoms with Gasteiger partial charge in [0.05, 0.1) is 0 Å². The van der Waals surface area contributed by atoms with Crippen molar-refractivity contribution in [2.24, 2.45) is 5.92 Å². The number of carbonyl (C=O) groups is 2. The van der Waals surface area contributed by atoms with Crippen molar-refractivity contribution in [3.63, 3.8) is 0 Å². The number of nitrogens with zero attached hydrogens (tertiary/aromatic N) is 1. The first-order valence-electron chi connectivity index (χ1n) is 10.1. The summed E-state index contributed by atoms with van der Waals surface area (Å²) < 4.78 is 0. The van der Waals surface area contributed by atoms with Gasteiger partial charge < -0.3 is 15.5 Å². The number of piperidine rings is 1. The average molecular weight is 355 g/mol. The highest BCUT2D eigenvalue weighted by Gasteiger charge is 2.47. The number of hydrogen-bond acceptors (Lipinski definition) is 3. The molecule has 2 aliphatic heterocycles. The fourth-order valence-corrected chi connectivity index (χ4v) is 4.98. The van der Waals surface area contributed by atoms with E-state index in [1.165, 1.54) is 6.42 Å². The Kier molecular flexibility index (Phi) is 5.25. The zero-order valence-corrected chi connectivity index (χ0v) is 15.3. The number of carbonyl (C=O) groups excluding carboxylic acids is 2. The summed E-state index contributed by atoms with van der Waals surface area (Å²) in [6.45, 7) is 1.90. The van der Waals surface area contributed by atoms with Gasteiger partial charge >= 0.3 is 0 Å². The molecule has 1 aromatic carbocycles. The van der Waals surface area contributed by atoms with Gasteiger partial charge in [-0.15, -0.1) is 0 Å². The Morgan fingerprint density at radius 1 is 1.00 bits per heavy atom. The highest BCUT2D eigenvalue weighted by Crippen LogP contribution is 2.40. The van der Waals surface area contributed by atoms with E-state index < -0.39 is 0 Å². The van der Waals surface area contributed by atoms with Crippen molar-refractivity contribution >= 4 is 11.8 Å². The van der Waals surface area contributed by atoms with Crippen LogP contribution >= 0.6 is 0 Å². The van der Waals surface area contributed by atoms with Gasteiger partial charge in [-0.05, 0) is 63.2 Å². The standard InChI is InChI=1S/C21H29N3O2/c25-20(23-17-10-12-22-13-11-17)19-14-16-8-4-5-9-18(16)24(19)21(26)15-6-2-1-3-7-15/h1-3,6-7,16-19,22H,4-5,8-14H2,(H,23,25). The van der Waals surface area contributed by atoms with Crippen LogP contribution in [-0.2, 0) is 4.79 Å². The van der Waals surface area contributed by atoms with Crippen LogP contribution in [0.25, 0.3) is 0 Å². The first kappa shape index (κ1) is 17.5. The maximum atomic E-state index is 13.2. The summed E-state index contributed by atoms with van der Waals surface area (Å²) in [6, 6.07) is 9.58. The van der Waals surface area contributed by atoms with Gasteiger partial charge in [0.15, 0.2) is 0 Å². The lowest BCUT2D eigenvalue weighted by molar-refractivity contribution is -0.126. The van der Waals surface area contributed by atoms with Gasteiger partial charge in [-0.2, -0.15) is 0 Å². The van der Waals surface area contributed by atoms with Crippen LogP contribution in [0.5, 0.6) is 0 Å². The highest BCUT2D eigenvalue weighted by atomic mass is 16.2. The van der Waals surface area contributed by atoms with Gasteiger partial charge in [-0.1, -0.05) is 31.0 Å². The molecule has 1 aromatic rings. The molecule has 26 heavy (non-hydrogen) atoms. The van der Waals surface area contributed by atoms with Crippen molar-refractivity contribution in [2.45, 2.75) is 63.1 Å². The van der Waals surface area contributed by atoms with Crippen molar-refractivity contribution < 1.29 is 9.59 Å². The van der Waals surface area contributed by atoms with Crippen molar-refractivity contribution in [1.82, 2.24) is 15.5 Å². The molecule has 2 amide bonds. The van der Waals surface area contributed by atoms with Gasteiger partial charge in [-0.3, -0.25) is 9.59 Å². The van der Waals surface area contributed by atoms with Crippen LogP contribution in [0.1, 0.15) is 55.3 Å². The molecule has 0 aromatic heterocycles. The van der Waals surface area contributed by atoms with Crippen LogP contribution in [-0.4, -0.2) is 47.9 Å². The molecule has 3 atom stereocenters. The van der Waals surface area contributed by atoms with Gasteiger partial charge in [0, 0.05) is 17.6 Å². The third-order valence-corrected chi connectivity index (χ3v) is 6.33. The number of nitrogens with one attached hydrogen (secondary N) is 2. The number of likely N-dealkylation sites (tertiary alicyclic amines) is 1. The summed E-state index contributed by atoms with van der Waals surface area (Å²) in [5, 5.41) is 6.56. The van der Waals surface area contributed by atoms with Crippen LogP contribution in [0.4, 0.5) is 0 Å². The minimum Gasteiger partial charge on any atom is -0.351 e. The van der Waals surface area contributed by atoms with E-state index in [9.17, 15) is 9.59 Å². The summed E-state index contributed by atoms with van der Waals surface area (Å²) in [5.41, 5.74) is 0.693. The van der Waals surface area contributed by atoms with E-state index in [4.69, 9.17) is 0 Å². The van der Waals surface area contributed by atoms with Gasteiger partial charge in [0.1, 0.15) is 6.04 Å². The van der Waals surface area contributed by atoms with E-state index in [1.54, 1.807) is 0 Å². The second kappa shape index (κ2) is 7.78. The van der Waals surface area contributed by atoms with E-state index in [-0.39, 0.29) is 29.9 Å². The molecular formula is C21H29N3O2. The van der Waals surface area contributed by atoms with E-state index in [1.807, 2.05) is 35.2 Å². The minimum atomic E-state index is -0.314. The van der Waals surface area contributed by atoms with Crippen LogP contribution in [0.3, 0.4) is 0 Å². The van der Waals surface area contributed by atoms with E-state index >= 15 is 0 Å². The largest absolute Gasteiger partial charge is 0.351 e. The quantitative estimate of drug-likeness (QED) is 0.875. The maximum absolute atomic E-state index is 13.2. The maximum Gasteiger partial charge on any atom is 0.254 e. The molecule has 0 radical (unpaired) electrons. The molecule has 3 unspecified atom stereocenters. The normalized spacial score (nSPS) is 29.2. The topological polar surface area (TPSA) is 61.4 Å². The molecule has 4 rings (SSSR count). The molecule has 5 nitrogen and oxygen atoms in total. The highest BCUT2D eigenvalue weighted by molar-refractivity contribution is 5.98. The Bertz CT molecular complexity index is 642. The molecule has 140 valence electrons. The molecule has 0 spiro atoms. The first-order chi connectivity index (χ1) is 12.7. The van der Waals surface area contributed by atoms with Crippen molar-refractivity contribution in [1.29, 1.82) is 0 Å². The number of benzene rings is 1. The Morgan fingerprint density at radius 3 is 2.50 bits per heavy atom. The second-order valence-electron chi connectivity index (χ2n) is 7.97. The van der Waals surface area contributed by atoms with Crippen LogP contribution in [0, 0.1) is 5.92 Å². The minimum absolute atomic E-state index is 0.0189. The third-order valence-electron chi connectivity index (χ3n) is 6.33. The lowest BCUT2D eigenvalue weighted by atomic mass is 9.84. The van der Waals surface area contributed by atoms with E-state index in [2.05, 4.69) is 10.6 Å². The summed E-state index contributed by atoms with van der Waals surface area (Å²) in [4.78, 5) is 28.2. The third kappa shape index (κ3) is 3.50. The average Bonchev–Trinajstić information content (AvgIpc) is 3.08. The number of hydrogen-bond donors (Lipinski definition) is 2. The molecule has 1 saturated carbocycles. The zero-order chi connectivity index (χ0) is 17.9. The number of fused-ring (bicyclic) bond motifs is 1. The molecule has 3 aliphatic rings. The Labute approximate surface area is 155 Å². The molecule has 5 heteroatoms. The lowest BCUT2D eigenvalue weighted by Gasteiger charge is -2.34. The summed E-state index contributed by atoms with van der Waals surface area (Å²) in [5.74, 6) is 0.543.